The van der Waals surface area contributed by atoms with Crippen molar-refractivity contribution in [3.05, 3.63) is 94.5 Å². The lowest BCUT2D eigenvalue weighted by molar-refractivity contribution is -0.141. The Morgan fingerprint density at radius 1 is 1.12 bits per heavy atom. The van der Waals surface area contributed by atoms with Gasteiger partial charge in [0.15, 0.2) is 0 Å². The molecule has 1 N–H and O–H groups in total. The summed E-state index contributed by atoms with van der Waals surface area (Å²) in [6.45, 7) is -0.0953. The van der Waals surface area contributed by atoms with Crippen LogP contribution in [0.2, 0.25) is 5.02 Å². The van der Waals surface area contributed by atoms with E-state index in [1.807, 2.05) is 0 Å². The van der Waals surface area contributed by atoms with Crippen molar-refractivity contribution in [2.45, 2.75) is 36.4 Å². The summed E-state index contributed by atoms with van der Waals surface area (Å²) in [6, 6.07) is 18.1. The van der Waals surface area contributed by atoms with Gasteiger partial charge in [0.2, 0.25) is 11.8 Å². The fraction of sp³-hybridized carbons (Fsp3) is 0.300. The van der Waals surface area contributed by atoms with Crippen LogP contribution >= 0.6 is 11.6 Å². The Bertz CT molecular complexity index is 1610. The second-order valence-corrected chi connectivity index (χ2v) is 12.2. The fourth-order valence-corrected chi connectivity index (χ4v) is 6.85. The molecule has 42 heavy (non-hydrogen) atoms. The van der Waals surface area contributed by atoms with Crippen LogP contribution in [0.1, 0.15) is 40.4 Å². The molecule has 2 heterocycles. The molecule has 2 aliphatic rings. The number of fused-ring (bicyclic) bond motifs is 1. The standard InChI is InChI=1S/C30H30ClN3O7S/c1-40-22-10-6-9-20(16-22)28(29(36)32-17-23-11-7-15-41-23)33(18-21-8-2-4-13-25(21)31)27(35)19-34-30(37)24-12-3-5-14-26(24)42(34,38)39/h2-6,8-10,12-14,16,23,28H,7,11,15,17-19H2,1H3,(H,32,36)/t23-,28-/m0/s1. The summed E-state index contributed by atoms with van der Waals surface area (Å²) in [5.41, 5.74) is 0.950. The molecule has 0 aliphatic carbocycles. The van der Waals surface area contributed by atoms with Gasteiger partial charge in [0.1, 0.15) is 23.2 Å². The van der Waals surface area contributed by atoms with Crippen molar-refractivity contribution in [3.63, 3.8) is 0 Å². The highest BCUT2D eigenvalue weighted by Gasteiger charge is 2.43. The maximum Gasteiger partial charge on any atom is 0.269 e. The van der Waals surface area contributed by atoms with Crippen molar-refractivity contribution >= 4 is 39.3 Å². The van der Waals surface area contributed by atoms with Gasteiger partial charge in [-0.2, -0.15) is 0 Å². The zero-order valence-electron chi connectivity index (χ0n) is 22.9. The molecule has 3 amide bonds. The highest BCUT2D eigenvalue weighted by molar-refractivity contribution is 7.90. The summed E-state index contributed by atoms with van der Waals surface area (Å²) in [5, 5.41) is 3.26. The minimum absolute atomic E-state index is 0.0124. The van der Waals surface area contributed by atoms with Crippen LogP contribution in [0.3, 0.4) is 0 Å². The molecular weight excluding hydrogens is 582 g/mol. The van der Waals surface area contributed by atoms with Gasteiger partial charge in [0, 0.05) is 24.7 Å². The van der Waals surface area contributed by atoms with Crippen LogP contribution in [0, 0.1) is 0 Å². The van der Waals surface area contributed by atoms with E-state index in [9.17, 15) is 22.8 Å². The highest BCUT2D eigenvalue weighted by atomic mass is 35.5. The maximum atomic E-state index is 14.1. The van der Waals surface area contributed by atoms with Crippen molar-refractivity contribution in [1.29, 1.82) is 0 Å². The topological polar surface area (TPSA) is 122 Å². The Balaban J connectivity index is 1.53. The molecule has 1 fully saturated rings. The van der Waals surface area contributed by atoms with Crippen molar-refractivity contribution in [2.24, 2.45) is 0 Å². The molecule has 12 heteroatoms. The normalized spacial score (nSPS) is 17.9. The van der Waals surface area contributed by atoms with Gasteiger partial charge in [-0.15, -0.1) is 0 Å². The van der Waals surface area contributed by atoms with E-state index in [4.69, 9.17) is 21.1 Å². The number of carbonyl (C=O) groups excluding carboxylic acids is 3. The molecule has 0 spiro atoms. The molecular formula is C30H30ClN3O7S. The third kappa shape index (κ3) is 5.99. The predicted molar refractivity (Wildman–Crippen MR) is 154 cm³/mol. The van der Waals surface area contributed by atoms with E-state index in [0.29, 0.717) is 32.8 Å². The van der Waals surface area contributed by atoms with Gasteiger partial charge in [-0.3, -0.25) is 14.4 Å². The van der Waals surface area contributed by atoms with Gasteiger partial charge in [-0.05, 0) is 54.3 Å². The number of nitrogens with one attached hydrogen (secondary N) is 1. The van der Waals surface area contributed by atoms with E-state index in [0.717, 1.165) is 12.8 Å². The van der Waals surface area contributed by atoms with E-state index in [1.165, 1.54) is 30.2 Å². The average Bonchev–Trinajstić information content (AvgIpc) is 3.58. The summed E-state index contributed by atoms with van der Waals surface area (Å²) in [6.07, 6.45) is 1.53. The summed E-state index contributed by atoms with van der Waals surface area (Å²) < 4.78 is 38.1. The van der Waals surface area contributed by atoms with Crippen LogP contribution in [0.25, 0.3) is 0 Å². The summed E-state index contributed by atoms with van der Waals surface area (Å²) in [4.78, 5) is 42.2. The van der Waals surface area contributed by atoms with Gasteiger partial charge in [-0.25, -0.2) is 12.7 Å². The number of rotatable bonds is 10. The van der Waals surface area contributed by atoms with E-state index in [-0.39, 0.29) is 29.7 Å². The second kappa shape index (κ2) is 12.5. The largest absolute Gasteiger partial charge is 0.497 e. The smallest absolute Gasteiger partial charge is 0.269 e. The van der Waals surface area contributed by atoms with Gasteiger partial charge in [0.25, 0.3) is 15.9 Å². The minimum Gasteiger partial charge on any atom is -0.497 e. The first kappa shape index (κ1) is 29.6. The van der Waals surface area contributed by atoms with Crippen molar-refractivity contribution in [2.75, 3.05) is 26.8 Å². The number of amides is 3. The molecule has 0 radical (unpaired) electrons. The lowest BCUT2D eigenvalue weighted by Gasteiger charge is -2.33. The molecule has 2 atom stereocenters. The Morgan fingerprint density at radius 3 is 2.60 bits per heavy atom. The number of benzene rings is 3. The molecule has 3 aromatic carbocycles. The number of ether oxygens (including phenoxy) is 2. The molecule has 5 rings (SSSR count). The SMILES string of the molecule is COc1cccc([C@@H](C(=O)NC[C@@H]2CCCO2)N(Cc2ccccc2Cl)C(=O)CN2C(=O)c3ccccc3S2(=O)=O)c1. The third-order valence-corrected chi connectivity index (χ3v) is 9.46. The van der Waals surface area contributed by atoms with Crippen molar-refractivity contribution in [1.82, 2.24) is 14.5 Å². The van der Waals surface area contributed by atoms with Gasteiger partial charge >= 0.3 is 0 Å². The Kier molecular flexibility index (Phi) is 8.81. The van der Waals surface area contributed by atoms with Crippen LogP contribution in [-0.2, 0) is 30.9 Å². The Labute approximate surface area is 249 Å². The summed E-state index contributed by atoms with van der Waals surface area (Å²) in [7, 11) is -2.79. The lowest BCUT2D eigenvalue weighted by atomic mass is 10.0. The molecule has 2 aliphatic heterocycles. The zero-order chi connectivity index (χ0) is 29.9. The van der Waals surface area contributed by atoms with E-state index >= 15 is 0 Å². The number of halogens is 1. The number of hydrogen-bond donors (Lipinski definition) is 1. The van der Waals surface area contributed by atoms with Gasteiger partial charge in [0.05, 0.1) is 18.8 Å². The quantitative estimate of drug-likeness (QED) is 0.372. The average molecular weight is 612 g/mol. The van der Waals surface area contributed by atoms with Gasteiger partial charge in [-0.1, -0.05) is 54.1 Å². The number of methoxy groups -OCH3 is 1. The monoisotopic (exact) mass is 611 g/mol. The molecule has 0 saturated carbocycles. The first-order chi connectivity index (χ1) is 20.2. The van der Waals surface area contributed by atoms with Crippen molar-refractivity contribution < 1.29 is 32.3 Å². The fourth-order valence-electron chi connectivity index (χ4n) is 5.14. The summed E-state index contributed by atoms with van der Waals surface area (Å²) >= 11 is 6.46. The van der Waals surface area contributed by atoms with Crippen molar-refractivity contribution in [3.8, 4) is 5.75 Å². The van der Waals surface area contributed by atoms with E-state index in [1.54, 1.807) is 54.6 Å². The zero-order valence-corrected chi connectivity index (χ0v) is 24.4. The number of sulfonamides is 1. The summed E-state index contributed by atoms with van der Waals surface area (Å²) in [5.74, 6) is -1.61. The van der Waals surface area contributed by atoms with Crippen LogP contribution in [0.5, 0.6) is 5.75 Å². The molecule has 0 aromatic heterocycles. The number of hydrogen-bond acceptors (Lipinski definition) is 7. The molecule has 10 nitrogen and oxygen atoms in total. The van der Waals surface area contributed by atoms with E-state index < -0.39 is 40.3 Å². The highest BCUT2D eigenvalue weighted by Crippen LogP contribution is 2.32. The maximum absolute atomic E-state index is 14.1. The Morgan fingerprint density at radius 2 is 1.88 bits per heavy atom. The predicted octanol–water partition coefficient (Wildman–Crippen LogP) is 3.56. The second-order valence-electron chi connectivity index (χ2n) is 9.99. The molecule has 0 bridgehead atoms. The van der Waals surface area contributed by atoms with Gasteiger partial charge < -0.3 is 19.7 Å². The van der Waals surface area contributed by atoms with Crippen LogP contribution in [0.4, 0.5) is 0 Å². The molecule has 3 aromatic rings. The van der Waals surface area contributed by atoms with Crippen LogP contribution < -0.4 is 10.1 Å². The third-order valence-electron chi connectivity index (χ3n) is 7.31. The Hall–Kier alpha value is -3.93. The molecule has 220 valence electrons. The number of carbonyl (C=O) groups is 3. The lowest BCUT2D eigenvalue weighted by Crippen LogP contribution is -2.48. The number of nitrogens with zero attached hydrogens (tertiary/aromatic N) is 2. The molecule has 1 saturated heterocycles. The van der Waals surface area contributed by atoms with Crippen LogP contribution in [0.15, 0.2) is 77.7 Å². The molecule has 0 unspecified atom stereocenters. The van der Waals surface area contributed by atoms with E-state index in [2.05, 4.69) is 5.32 Å². The van der Waals surface area contributed by atoms with Crippen LogP contribution in [-0.4, -0.2) is 68.3 Å². The first-order valence-electron chi connectivity index (χ1n) is 13.4. The minimum atomic E-state index is -4.27. The first-order valence-corrected chi connectivity index (χ1v) is 15.2.